The molecule has 0 bridgehead atoms. The van der Waals surface area contributed by atoms with Crippen molar-refractivity contribution >= 4 is 33.8 Å². The molecule has 178 valence electrons. The van der Waals surface area contributed by atoms with Gasteiger partial charge in [-0.1, -0.05) is 23.7 Å². The first-order chi connectivity index (χ1) is 16.3. The molecule has 4 rings (SSSR count). The number of carbonyl (C=O) groups is 1. The zero-order valence-corrected chi connectivity index (χ0v) is 19.8. The summed E-state index contributed by atoms with van der Waals surface area (Å²) in [4.78, 5) is 20.1. The number of methoxy groups -OCH3 is 1. The number of imidazole rings is 1. The molecule has 2 aromatic carbocycles. The molecule has 1 amide bonds. The Morgan fingerprint density at radius 3 is 2.47 bits per heavy atom. The summed E-state index contributed by atoms with van der Waals surface area (Å²) >= 11 is 7.47. The van der Waals surface area contributed by atoms with E-state index in [1.165, 1.54) is 30.6 Å². The molecular weight excluding hydrogens is 487 g/mol. The van der Waals surface area contributed by atoms with Gasteiger partial charge in [0, 0.05) is 60.0 Å². The second-order valence-corrected chi connectivity index (χ2v) is 8.90. The minimum Gasteiger partial charge on any atom is -0.383 e. The first kappa shape index (κ1) is 24.3. The number of hydrogen-bond donors (Lipinski definition) is 0. The fourth-order valence-electron chi connectivity index (χ4n) is 3.52. The van der Waals surface area contributed by atoms with Crippen LogP contribution in [0.3, 0.4) is 0 Å². The number of benzene rings is 2. The minimum atomic E-state index is -4.45. The molecule has 0 aliphatic heterocycles. The highest BCUT2D eigenvalue weighted by Gasteiger charge is 2.30. The van der Waals surface area contributed by atoms with Crippen LogP contribution in [0.1, 0.15) is 21.6 Å². The quantitative estimate of drug-likeness (QED) is 0.291. The molecule has 0 aliphatic carbocycles. The van der Waals surface area contributed by atoms with Crippen LogP contribution in [0, 0.1) is 0 Å². The number of carbonyl (C=O) groups excluding carboxylic acids is 1. The van der Waals surface area contributed by atoms with Crippen molar-refractivity contribution in [2.45, 2.75) is 12.6 Å². The van der Waals surface area contributed by atoms with E-state index in [-0.39, 0.29) is 11.5 Å². The summed E-state index contributed by atoms with van der Waals surface area (Å²) in [7, 11) is 1.53. The van der Waals surface area contributed by atoms with E-state index in [0.717, 1.165) is 34.0 Å². The van der Waals surface area contributed by atoms with Crippen LogP contribution in [-0.4, -0.2) is 47.0 Å². The Morgan fingerprint density at radius 2 is 1.82 bits per heavy atom. The van der Waals surface area contributed by atoms with Gasteiger partial charge in [0.15, 0.2) is 4.96 Å². The van der Waals surface area contributed by atoms with Gasteiger partial charge >= 0.3 is 6.18 Å². The monoisotopic (exact) mass is 507 g/mol. The number of hydrogen-bond acceptors (Lipinski definition) is 4. The summed E-state index contributed by atoms with van der Waals surface area (Å²) in [5.41, 5.74) is 2.17. The summed E-state index contributed by atoms with van der Waals surface area (Å²) in [5.74, 6) is -0.343. The standard InChI is InChI=1S/C24H21ClF3N3O2S/c1-33-13-12-30(22(32)17-2-6-18(7-3-17)24(26,27)28)11-10-20-15-34-23-29-21(14-31(20)23)16-4-8-19(25)9-5-16/h2-9,14-15H,10-13H2,1H3. The zero-order chi connectivity index (χ0) is 24.3. The first-order valence-electron chi connectivity index (χ1n) is 10.4. The molecule has 0 fully saturated rings. The summed E-state index contributed by atoms with van der Waals surface area (Å²) < 4.78 is 45.7. The van der Waals surface area contributed by atoms with Gasteiger partial charge in [0.05, 0.1) is 17.9 Å². The Bertz CT molecular complexity index is 1270. The maximum Gasteiger partial charge on any atom is 0.416 e. The van der Waals surface area contributed by atoms with E-state index in [1.54, 1.807) is 4.90 Å². The predicted octanol–water partition coefficient (Wildman–Crippen LogP) is 6.07. The van der Waals surface area contributed by atoms with Crippen LogP contribution in [0.15, 0.2) is 60.1 Å². The molecule has 0 saturated heterocycles. The van der Waals surface area contributed by atoms with E-state index in [1.807, 2.05) is 40.2 Å². The normalized spacial score (nSPS) is 11.8. The number of ether oxygens (including phenoxy) is 1. The second-order valence-electron chi connectivity index (χ2n) is 7.62. The van der Waals surface area contributed by atoms with Gasteiger partial charge in [-0.3, -0.25) is 9.20 Å². The Labute approximate surface area is 203 Å². The van der Waals surface area contributed by atoms with Crippen LogP contribution in [0.4, 0.5) is 13.2 Å². The van der Waals surface area contributed by atoms with Crippen LogP contribution in [0.5, 0.6) is 0 Å². The van der Waals surface area contributed by atoms with Crippen LogP contribution in [0.2, 0.25) is 5.02 Å². The lowest BCUT2D eigenvalue weighted by atomic mass is 10.1. The number of amides is 1. The first-order valence-corrected chi connectivity index (χ1v) is 11.7. The van der Waals surface area contributed by atoms with Gasteiger partial charge in [-0.25, -0.2) is 4.98 Å². The molecule has 0 aliphatic rings. The smallest absolute Gasteiger partial charge is 0.383 e. The summed E-state index contributed by atoms with van der Waals surface area (Å²) in [6.07, 6.45) is -1.95. The number of aromatic nitrogens is 2. The molecule has 34 heavy (non-hydrogen) atoms. The lowest BCUT2D eigenvalue weighted by Gasteiger charge is -2.22. The second kappa shape index (κ2) is 10.2. The fourth-order valence-corrected chi connectivity index (χ4v) is 4.55. The van der Waals surface area contributed by atoms with Crippen molar-refractivity contribution < 1.29 is 22.7 Å². The molecule has 0 spiro atoms. The number of fused-ring (bicyclic) bond motifs is 1. The van der Waals surface area contributed by atoms with Crippen molar-refractivity contribution in [3.05, 3.63) is 82.0 Å². The Kier molecular flexibility index (Phi) is 7.25. The number of nitrogens with zero attached hydrogens (tertiary/aromatic N) is 3. The van der Waals surface area contributed by atoms with E-state index >= 15 is 0 Å². The summed E-state index contributed by atoms with van der Waals surface area (Å²) in [6, 6.07) is 11.7. The number of alkyl halides is 3. The zero-order valence-electron chi connectivity index (χ0n) is 18.2. The van der Waals surface area contributed by atoms with E-state index in [0.29, 0.717) is 31.1 Å². The topological polar surface area (TPSA) is 46.8 Å². The Balaban J connectivity index is 1.50. The molecule has 0 saturated carbocycles. The number of rotatable bonds is 8. The van der Waals surface area contributed by atoms with Gasteiger partial charge in [-0.15, -0.1) is 11.3 Å². The molecule has 4 aromatic rings. The molecule has 10 heteroatoms. The van der Waals surface area contributed by atoms with Crippen molar-refractivity contribution in [2.75, 3.05) is 26.8 Å². The lowest BCUT2D eigenvalue weighted by molar-refractivity contribution is -0.137. The van der Waals surface area contributed by atoms with Crippen molar-refractivity contribution in [1.29, 1.82) is 0 Å². The lowest BCUT2D eigenvalue weighted by Crippen LogP contribution is -2.35. The molecule has 0 atom stereocenters. The predicted molar refractivity (Wildman–Crippen MR) is 126 cm³/mol. The maximum atomic E-state index is 13.0. The van der Waals surface area contributed by atoms with Crippen LogP contribution in [-0.2, 0) is 17.3 Å². The molecular formula is C24H21ClF3N3O2S. The van der Waals surface area contributed by atoms with E-state index < -0.39 is 11.7 Å². The third kappa shape index (κ3) is 5.43. The van der Waals surface area contributed by atoms with Gasteiger partial charge < -0.3 is 9.64 Å². The van der Waals surface area contributed by atoms with Gasteiger partial charge in [-0.2, -0.15) is 13.2 Å². The van der Waals surface area contributed by atoms with Gasteiger partial charge in [-0.05, 0) is 36.4 Å². The molecule has 2 aromatic heterocycles. The summed E-state index contributed by atoms with van der Waals surface area (Å²) in [5, 5.41) is 2.64. The molecule has 0 unspecified atom stereocenters. The summed E-state index contributed by atoms with van der Waals surface area (Å²) in [6.45, 7) is 1.02. The highest BCUT2D eigenvalue weighted by atomic mass is 35.5. The minimum absolute atomic E-state index is 0.201. The van der Waals surface area contributed by atoms with Gasteiger partial charge in [0.25, 0.3) is 5.91 Å². The third-order valence-electron chi connectivity index (χ3n) is 5.37. The van der Waals surface area contributed by atoms with E-state index in [4.69, 9.17) is 16.3 Å². The van der Waals surface area contributed by atoms with Crippen molar-refractivity contribution in [1.82, 2.24) is 14.3 Å². The Hall–Kier alpha value is -2.88. The van der Waals surface area contributed by atoms with Gasteiger partial charge in [0.1, 0.15) is 0 Å². The largest absolute Gasteiger partial charge is 0.416 e. The Morgan fingerprint density at radius 1 is 1.12 bits per heavy atom. The average molecular weight is 508 g/mol. The number of halogens is 4. The maximum absolute atomic E-state index is 13.0. The molecule has 2 heterocycles. The van der Waals surface area contributed by atoms with Crippen LogP contribution < -0.4 is 0 Å². The van der Waals surface area contributed by atoms with Crippen LogP contribution in [0.25, 0.3) is 16.2 Å². The third-order valence-corrected chi connectivity index (χ3v) is 6.51. The van der Waals surface area contributed by atoms with E-state index in [2.05, 4.69) is 4.98 Å². The molecule has 5 nitrogen and oxygen atoms in total. The molecule has 0 radical (unpaired) electrons. The number of thiazole rings is 1. The average Bonchev–Trinajstić information content (AvgIpc) is 3.40. The fraction of sp³-hybridized carbons (Fsp3) is 0.250. The highest BCUT2D eigenvalue weighted by Crippen LogP contribution is 2.29. The molecule has 0 N–H and O–H groups in total. The van der Waals surface area contributed by atoms with E-state index in [9.17, 15) is 18.0 Å². The van der Waals surface area contributed by atoms with Crippen molar-refractivity contribution in [3.8, 4) is 11.3 Å². The SMILES string of the molecule is COCCN(CCc1csc2nc(-c3ccc(Cl)cc3)cn12)C(=O)c1ccc(C(F)(F)F)cc1. The van der Waals surface area contributed by atoms with Crippen molar-refractivity contribution in [2.24, 2.45) is 0 Å². The van der Waals surface area contributed by atoms with Crippen LogP contribution >= 0.6 is 22.9 Å². The van der Waals surface area contributed by atoms with Gasteiger partial charge in [0.2, 0.25) is 0 Å². The highest BCUT2D eigenvalue weighted by molar-refractivity contribution is 7.15. The van der Waals surface area contributed by atoms with Crippen molar-refractivity contribution in [3.63, 3.8) is 0 Å².